The van der Waals surface area contributed by atoms with E-state index in [-0.39, 0.29) is 5.69 Å². The van der Waals surface area contributed by atoms with Crippen molar-refractivity contribution in [2.45, 2.75) is 0 Å². The number of aromatic nitrogens is 3. The van der Waals surface area contributed by atoms with E-state index in [4.69, 9.17) is 5.73 Å². The molecule has 0 radical (unpaired) electrons. The number of nitro groups is 1. The molecule has 7 heteroatoms. The van der Waals surface area contributed by atoms with Gasteiger partial charge in [0.05, 0.1) is 16.2 Å². The number of hydrogen-bond donors (Lipinski definition) is 2. The average Bonchev–Trinajstić information content (AvgIpc) is 2.90. The predicted octanol–water partition coefficient (Wildman–Crippen LogP) is 2.63. The van der Waals surface area contributed by atoms with Gasteiger partial charge in [-0.3, -0.25) is 20.2 Å². The largest absolute Gasteiger partial charge is 0.382 e. The maximum absolute atomic E-state index is 10.7. The summed E-state index contributed by atoms with van der Waals surface area (Å²) in [7, 11) is 0. The molecular formula is C14H11N5O2. The lowest BCUT2D eigenvalue weighted by Crippen LogP contribution is -1.90. The van der Waals surface area contributed by atoms with Crippen molar-refractivity contribution in [1.82, 2.24) is 15.2 Å². The molecule has 0 fully saturated rings. The Bertz CT molecular complexity index is 781. The zero-order valence-electron chi connectivity index (χ0n) is 10.9. The number of hydrogen-bond acceptors (Lipinski definition) is 5. The Balaban J connectivity index is 2.10. The van der Waals surface area contributed by atoms with Crippen molar-refractivity contribution >= 4 is 11.5 Å². The molecule has 2 heterocycles. The summed E-state index contributed by atoms with van der Waals surface area (Å²) in [6.07, 6.45) is 3.34. The molecule has 0 aliphatic carbocycles. The highest BCUT2D eigenvalue weighted by molar-refractivity contribution is 5.87. The second-order valence-corrected chi connectivity index (χ2v) is 4.40. The second-order valence-electron chi connectivity index (χ2n) is 4.40. The van der Waals surface area contributed by atoms with Crippen molar-refractivity contribution in [2.75, 3.05) is 5.73 Å². The Labute approximate surface area is 119 Å². The van der Waals surface area contributed by atoms with Crippen molar-refractivity contribution in [2.24, 2.45) is 0 Å². The highest BCUT2D eigenvalue weighted by Gasteiger charge is 2.15. The number of aromatic amines is 1. The highest BCUT2D eigenvalue weighted by Crippen LogP contribution is 2.34. The molecule has 7 nitrogen and oxygen atoms in total. The number of nitrogen functional groups attached to an aromatic ring is 1. The van der Waals surface area contributed by atoms with Crippen LogP contribution < -0.4 is 5.73 Å². The molecule has 0 amide bonds. The number of nitrogens with zero attached hydrogens (tertiary/aromatic N) is 3. The van der Waals surface area contributed by atoms with Crippen molar-refractivity contribution in [3.05, 3.63) is 58.9 Å². The molecule has 0 aliphatic heterocycles. The van der Waals surface area contributed by atoms with Gasteiger partial charge >= 0.3 is 0 Å². The van der Waals surface area contributed by atoms with E-state index >= 15 is 0 Å². The molecule has 0 atom stereocenters. The lowest BCUT2D eigenvalue weighted by Gasteiger charge is -2.04. The summed E-state index contributed by atoms with van der Waals surface area (Å²) in [5.41, 5.74) is 9.08. The fraction of sp³-hybridized carbons (Fsp3) is 0. The molecular weight excluding hydrogens is 270 g/mol. The van der Waals surface area contributed by atoms with Crippen LogP contribution in [0.15, 0.2) is 48.8 Å². The summed E-state index contributed by atoms with van der Waals surface area (Å²) in [5.74, 6) is 0.370. The summed E-state index contributed by atoms with van der Waals surface area (Å²) in [6, 6.07) is 9.88. The molecule has 3 aromatic rings. The first-order valence-electron chi connectivity index (χ1n) is 6.16. The molecule has 0 unspecified atom stereocenters. The Hall–Kier alpha value is -3.22. The Morgan fingerprint density at radius 1 is 1.05 bits per heavy atom. The van der Waals surface area contributed by atoms with Gasteiger partial charge in [0, 0.05) is 30.1 Å². The van der Waals surface area contributed by atoms with E-state index in [9.17, 15) is 10.1 Å². The number of H-pyrrole nitrogens is 1. The molecule has 3 N–H and O–H groups in total. The number of nitrogens with one attached hydrogen (secondary N) is 1. The predicted molar refractivity (Wildman–Crippen MR) is 78.3 cm³/mol. The number of rotatable bonds is 3. The number of anilines is 1. The molecule has 21 heavy (non-hydrogen) atoms. The first kappa shape index (κ1) is 12.8. The van der Waals surface area contributed by atoms with Crippen molar-refractivity contribution in [3.63, 3.8) is 0 Å². The van der Waals surface area contributed by atoms with Gasteiger partial charge in [0.2, 0.25) is 0 Å². The van der Waals surface area contributed by atoms with Crippen LogP contribution >= 0.6 is 0 Å². The molecule has 0 saturated heterocycles. The zero-order chi connectivity index (χ0) is 14.8. The minimum absolute atomic E-state index is 0.0386. The van der Waals surface area contributed by atoms with E-state index in [0.717, 1.165) is 16.7 Å². The van der Waals surface area contributed by atoms with Crippen LogP contribution in [-0.4, -0.2) is 20.1 Å². The monoisotopic (exact) mass is 281 g/mol. The zero-order valence-corrected chi connectivity index (χ0v) is 10.9. The van der Waals surface area contributed by atoms with Gasteiger partial charge in [0.1, 0.15) is 0 Å². The third kappa shape index (κ3) is 2.32. The van der Waals surface area contributed by atoms with Crippen LogP contribution in [0.1, 0.15) is 0 Å². The standard InChI is InChI=1S/C14H11N5O2/c15-14-12(9-5-7-16-8-6-9)13(17-18-14)10-1-3-11(4-2-10)19(20)21/h1-8H,(H3,15,17,18). The topological polar surface area (TPSA) is 111 Å². The number of nitro benzene ring substituents is 1. The SMILES string of the molecule is Nc1n[nH]c(-c2ccc([N+](=O)[O-])cc2)c1-c1ccncc1. The minimum Gasteiger partial charge on any atom is -0.382 e. The highest BCUT2D eigenvalue weighted by atomic mass is 16.6. The van der Waals surface area contributed by atoms with Gasteiger partial charge in [-0.25, -0.2) is 0 Å². The second kappa shape index (κ2) is 5.04. The van der Waals surface area contributed by atoms with Crippen molar-refractivity contribution in [3.8, 4) is 22.4 Å². The van der Waals surface area contributed by atoms with Gasteiger partial charge in [-0.1, -0.05) is 0 Å². The summed E-state index contributed by atoms with van der Waals surface area (Å²) in [5, 5.41) is 17.6. The first-order valence-corrected chi connectivity index (χ1v) is 6.16. The van der Waals surface area contributed by atoms with Crippen LogP contribution in [0, 0.1) is 10.1 Å². The van der Waals surface area contributed by atoms with Crippen LogP contribution in [0.3, 0.4) is 0 Å². The maximum Gasteiger partial charge on any atom is 0.269 e. The molecule has 104 valence electrons. The van der Waals surface area contributed by atoms with Gasteiger partial charge in [0.15, 0.2) is 5.82 Å². The van der Waals surface area contributed by atoms with Gasteiger partial charge < -0.3 is 5.73 Å². The van der Waals surface area contributed by atoms with E-state index in [1.807, 2.05) is 12.1 Å². The average molecular weight is 281 g/mol. The first-order chi connectivity index (χ1) is 10.2. The van der Waals surface area contributed by atoms with E-state index < -0.39 is 4.92 Å². The summed E-state index contributed by atoms with van der Waals surface area (Å²) < 4.78 is 0. The molecule has 1 aromatic carbocycles. The number of pyridine rings is 1. The van der Waals surface area contributed by atoms with Crippen LogP contribution in [0.2, 0.25) is 0 Å². The number of nitrogens with two attached hydrogens (primary N) is 1. The van der Waals surface area contributed by atoms with Gasteiger partial charge in [-0.2, -0.15) is 5.10 Å². The molecule has 3 rings (SSSR count). The van der Waals surface area contributed by atoms with Gasteiger partial charge in [-0.05, 0) is 29.8 Å². The van der Waals surface area contributed by atoms with Gasteiger partial charge in [-0.15, -0.1) is 0 Å². The number of non-ortho nitro benzene ring substituents is 1. The normalized spacial score (nSPS) is 10.5. The molecule has 2 aromatic heterocycles. The van der Waals surface area contributed by atoms with Crippen molar-refractivity contribution < 1.29 is 4.92 Å². The van der Waals surface area contributed by atoms with Crippen molar-refractivity contribution in [1.29, 1.82) is 0 Å². The Kier molecular flexibility index (Phi) is 3.07. The fourth-order valence-corrected chi connectivity index (χ4v) is 2.13. The minimum atomic E-state index is -0.436. The van der Waals surface area contributed by atoms with E-state index in [2.05, 4.69) is 15.2 Å². The smallest absolute Gasteiger partial charge is 0.269 e. The number of benzene rings is 1. The van der Waals surface area contributed by atoms with Crippen LogP contribution in [0.4, 0.5) is 11.5 Å². The van der Waals surface area contributed by atoms with E-state index in [0.29, 0.717) is 11.5 Å². The van der Waals surface area contributed by atoms with E-state index in [1.165, 1.54) is 12.1 Å². The Morgan fingerprint density at radius 2 is 1.71 bits per heavy atom. The molecule has 0 spiro atoms. The Morgan fingerprint density at radius 3 is 2.33 bits per heavy atom. The molecule has 0 bridgehead atoms. The van der Waals surface area contributed by atoms with Crippen LogP contribution in [0.5, 0.6) is 0 Å². The summed E-state index contributed by atoms with van der Waals surface area (Å²) >= 11 is 0. The van der Waals surface area contributed by atoms with E-state index in [1.54, 1.807) is 24.5 Å². The third-order valence-corrected chi connectivity index (χ3v) is 3.13. The summed E-state index contributed by atoms with van der Waals surface area (Å²) in [6.45, 7) is 0. The van der Waals surface area contributed by atoms with Crippen LogP contribution in [-0.2, 0) is 0 Å². The lowest BCUT2D eigenvalue weighted by atomic mass is 10.0. The maximum atomic E-state index is 10.7. The van der Waals surface area contributed by atoms with Gasteiger partial charge in [0.25, 0.3) is 5.69 Å². The third-order valence-electron chi connectivity index (χ3n) is 3.13. The molecule has 0 aliphatic rings. The molecule has 0 saturated carbocycles. The summed E-state index contributed by atoms with van der Waals surface area (Å²) in [4.78, 5) is 14.2. The fourth-order valence-electron chi connectivity index (χ4n) is 2.13. The lowest BCUT2D eigenvalue weighted by molar-refractivity contribution is -0.384. The quantitative estimate of drug-likeness (QED) is 0.566. The van der Waals surface area contributed by atoms with Crippen LogP contribution in [0.25, 0.3) is 22.4 Å².